The SMILES string of the molecule is Cc1ccc2cc(CN(C[C@H]3CCCO3)C(=O)Nc3ccccc3Cl)c(=O)[nH]c2c1C. The monoisotopic (exact) mass is 439 g/mol. The van der Waals surface area contributed by atoms with Crippen molar-refractivity contribution in [1.29, 1.82) is 0 Å². The number of aromatic amines is 1. The number of hydrogen-bond acceptors (Lipinski definition) is 3. The van der Waals surface area contributed by atoms with E-state index in [2.05, 4.69) is 10.3 Å². The minimum Gasteiger partial charge on any atom is -0.376 e. The minimum absolute atomic E-state index is 0.0403. The van der Waals surface area contributed by atoms with Crippen LogP contribution in [-0.2, 0) is 11.3 Å². The van der Waals surface area contributed by atoms with Crippen LogP contribution in [0.4, 0.5) is 10.5 Å². The summed E-state index contributed by atoms with van der Waals surface area (Å²) in [5, 5.41) is 4.27. The molecule has 1 aliphatic rings. The highest BCUT2D eigenvalue weighted by atomic mass is 35.5. The smallest absolute Gasteiger partial charge is 0.322 e. The number of aryl methyl sites for hydroxylation is 2. The van der Waals surface area contributed by atoms with Gasteiger partial charge < -0.3 is 19.9 Å². The number of aromatic nitrogens is 1. The summed E-state index contributed by atoms with van der Waals surface area (Å²) in [5.41, 5.74) is 3.88. The number of carbonyl (C=O) groups excluding carboxylic acids is 1. The molecule has 6 nitrogen and oxygen atoms in total. The molecule has 0 saturated carbocycles. The van der Waals surface area contributed by atoms with E-state index in [9.17, 15) is 9.59 Å². The summed E-state index contributed by atoms with van der Waals surface area (Å²) in [6.07, 6.45) is 1.82. The molecular formula is C24H26ClN3O3. The molecule has 2 aromatic carbocycles. The van der Waals surface area contributed by atoms with Gasteiger partial charge in [-0.1, -0.05) is 35.9 Å². The molecule has 2 amide bonds. The molecule has 7 heteroatoms. The van der Waals surface area contributed by atoms with Gasteiger partial charge in [-0.15, -0.1) is 0 Å². The number of hydrogen-bond donors (Lipinski definition) is 2. The van der Waals surface area contributed by atoms with Crippen LogP contribution in [0.3, 0.4) is 0 Å². The molecule has 1 fully saturated rings. The minimum atomic E-state index is -0.316. The van der Waals surface area contributed by atoms with Crippen LogP contribution < -0.4 is 10.9 Å². The van der Waals surface area contributed by atoms with Crippen LogP contribution in [0.5, 0.6) is 0 Å². The average Bonchev–Trinajstić information content (AvgIpc) is 3.26. The van der Waals surface area contributed by atoms with E-state index in [1.807, 2.05) is 38.1 Å². The number of pyridine rings is 1. The molecule has 0 bridgehead atoms. The lowest BCUT2D eigenvalue weighted by atomic mass is 10.0. The van der Waals surface area contributed by atoms with Gasteiger partial charge in [0.15, 0.2) is 0 Å². The van der Waals surface area contributed by atoms with Crippen molar-refractivity contribution in [3.63, 3.8) is 0 Å². The Kier molecular flexibility index (Phi) is 6.30. The zero-order valence-electron chi connectivity index (χ0n) is 17.7. The molecule has 0 radical (unpaired) electrons. The number of nitrogens with one attached hydrogen (secondary N) is 2. The molecular weight excluding hydrogens is 414 g/mol. The molecule has 1 aromatic heterocycles. The van der Waals surface area contributed by atoms with Crippen molar-refractivity contribution in [3.8, 4) is 0 Å². The highest BCUT2D eigenvalue weighted by molar-refractivity contribution is 6.33. The lowest BCUT2D eigenvalue weighted by Crippen LogP contribution is -2.40. The van der Waals surface area contributed by atoms with E-state index < -0.39 is 0 Å². The second kappa shape index (κ2) is 9.12. The second-order valence-corrected chi connectivity index (χ2v) is 8.43. The summed E-state index contributed by atoms with van der Waals surface area (Å²) >= 11 is 6.21. The summed E-state index contributed by atoms with van der Waals surface area (Å²) in [5.74, 6) is 0. The Balaban J connectivity index is 1.63. The Morgan fingerprint density at radius 1 is 1.26 bits per heavy atom. The van der Waals surface area contributed by atoms with Gasteiger partial charge in [0.2, 0.25) is 0 Å². The summed E-state index contributed by atoms with van der Waals surface area (Å²) in [6, 6.07) is 12.7. The van der Waals surface area contributed by atoms with Crippen molar-refractivity contribution in [2.75, 3.05) is 18.5 Å². The third-order valence-corrected chi connectivity index (χ3v) is 6.17. The lowest BCUT2D eigenvalue weighted by molar-refractivity contribution is 0.0818. The Bertz CT molecular complexity index is 1170. The zero-order valence-corrected chi connectivity index (χ0v) is 18.5. The first-order valence-corrected chi connectivity index (χ1v) is 10.8. The molecule has 31 heavy (non-hydrogen) atoms. The van der Waals surface area contributed by atoms with Crippen molar-refractivity contribution in [2.24, 2.45) is 0 Å². The summed E-state index contributed by atoms with van der Waals surface area (Å²) in [4.78, 5) is 30.6. The van der Waals surface area contributed by atoms with Gasteiger partial charge in [-0.2, -0.15) is 0 Å². The number of anilines is 1. The molecule has 0 aliphatic carbocycles. The number of ether oxygens (including phenoxy) is 1. The number of H-pyrrole nitrogens is 1. The average molecular weight is 440 g/mol. The first-order valence-electron chi connectivity index (χ1n) is 10.5. The van der Waals surface area contributed by atoms with Crippen LogP contribution in [0.1, 0.15) is 29.5 Å². The number of carbonyl (C=O) groups is 1. The van der Waals surface area contributed by atoms with Crippen molar-refractivity contribution in [1.82, 2.24) is 9.88 Å². The first-order chi connectivity index (χ1) is 14.9. The van der Waals surface area contributed by atoms with Crippen LogP contribution >= 0.6 is 11.6 Å². The predicted octanol–water partition coefficient (Wildman–Crippen LogP) is 5.01. The maximum atomic E-state index is 13.1. The molecule has 4 rings (SSSR count). The van der Waals surface area contributed by atoms with Crippen LogP contribution in [-0.4, -0.2) is 35.2 Å². The molecule has 0 spiro atoms. The number of benzene rings is 2. The van der Waals surface area contributed by atoms with E-state index >= 15 is 0 Å². The van der Waals surface area contributed by atoms with Crippen molar-refractivity contribution < 1.29 is 9.53 Å². The molecule has 1 atom stereocenters. The van der Waals surface area contributed by atoms with Crippen LogP contribution in [0.25, 0.3) is 10.9 Å². The fourth-order valence-electron chi connectivity index (χ4n) is 3.90. The van der Waals surface area contributed by atoms with Crippen LogP contribution in [0, 0.1) is 13.8 Å². The van der Waals surface area contributed by atoms with Gasteiger partial charge in [-0.3, -0.25) is 4.79 Å². The van der Waals surface area contributed by atoms with Gasteiger partial charge in [-0.05, 0) is 61.4 Å². The van der Waals surface area contributed by atoms with Gasteiger partial charge >= 0.3 is 6.03 Å². The van der Waals surface area contributed by atoms with Crippen LogP contribution in [0.15, 0.2) is 47.3 Å². The molecule has 2 N–H and O–H groups in total. The Hall–Kier alpha value is -2.83. The quantitative estimate of drug-likeness (QED) is 0.586. The van der Waals surface area contributed by atoms with Gasteiger partial charge in [-0.25, -0.2) is 4.79 Å². The first kappa shape index (κ1) is 21.4. The summed E-state index contributed by atoms with van der Waals surface area (Å²) in [7, 11) is 0. The number of halogens is 1. The molecule has 162 valence electrons. The Labute approximate surface area is 186 Å². The largest absolute Gasteiger partial charge is 0.376 e. The summed E-state index contributed by atoms with van der Waals surface area (Å²) in [6.45, 7) is 5.28. The molecule has 1 saturated heterocycles. The number of amides is 2. The highest BCUT2D eigenvalue weighted by Crippen LogP contribution is 2.23. The van der Waals surface area contributed by atoms with Gasteiger partial charge in [0.05, 0.1) is 28.9 Å². The van der Waals surface area contributed by atoms with Gasteiger partial charge in [0.25, 0.3) is 5.56 Å². The van der Waals surface area contributed by atoms with E-state index in [0.29, 0.717) is 29.4 Å². The third kappa shape index (κ3) is 4.75. The van der Waals surface area contributed by atoms with Crippen molar-refractivity contribution >= 4 is 34.2 Å². The second-order valence-electron chi connectivity index (χ2n) is 8.02. The molecule has 3 aromatic rings. The number of fused-ring (bicyclic) bond motifs is 1. The predicted molar refractivity (Wildman–Crippen MR) is 124 cm³/mol. The van der Waals surface area contributed by atoms with E-state index in [-0.39, 0.29) is 24.2 Å². The van der Waals surface area contributed by atoms with E-state index in [0.717, 1.165) is 34.9 Å². The van der Waals surface area contributed by atoms with E-state index in [1.165, 1.54) is 0 Å². The summed E-state index contributed by atoms with van der Waals surface area (Å²) < 4.78 is 5.74. The van der Waals surface area contributed by atoms with E-state index in [4.69, 9.17) is 16.3 Å². The Morgan fingerprint density at radius 2 is 2.06 bits per heavy atom. The standard InChI is InChI=1S/C24H26ClN3O3/c1-15-9-10-17-12-18(23(29)27-22(17)16(15)2)13-28(14-19-6-5-11-31-19)24(30)26-21-8-4-3-7-20(21)25/h3-4,7-10,12,19H,5-6,11,13-14H2,1-2H3,(H,26,30)(H,27,29)/t19-/m1/s1. The van der Waals surface area contributed by atoms with Crippen LogP contribution in [0.2, 0.25) is 5.02 Å². The number of para-hydroxylation sites is 1. The van der Waals surface area contributed by atoms with E-state index in [1.54, 1.807) is 23.1 Å². The third-order valence-electron chi connectivity index (χ3n) is 5.84. The Morgan fingerprint density at radius 3 is 2.81 bits per heavy atom. The molecule has 2 heterocycles. The highest BCUT2D eigenvalue weighted by Gasteiger charge is 2.24. The van der Waals surface area contributed by atoms with Crippen molar-refractivity contribution in [2.45, 2.75) is 39.3 Å². The topological polar surface area (TPSA) is 74.4 Å². The van der Waals surface area contributed by atoms with Gasteiger partial charge in [0.1, 0.15) is 0 Å². The number of urea groups is 1. The molecule has 1 aliphatic heterocycles. The van der Waals surface area contributed by atoms with Gasteiger partial charge in [0, 0.05) is 18.7 Å². The number of rotatable bonds is 5. The van der Waals surface area contributed by atoms with Crippen molar-refractivity contribution in [3.05, 3.63) is 74.5 Å². The fraction of sp³-hybridized carbons (Fsp3) is 0.333. The lowest BCUT2D eigenvalue weighted by Gasteiger charge is -2.26. The maximum Gasteiger partial charge on any atom is 0.322 e. The maximum absolute atomic E-state index is 13.1. The fourth-order valence-corrected chi connectivity index (χ4v) is 4.09. The normalized spacial score (nSPS) is 15.9. The number of nitrogens with zero attached hydrogens (tertiary/aromatic N) is 1. The zero-order chi connectivity index (χ0) is 22.0. The molecule has 0 unspecified atom stereocenters.